The quantitative estimate of drug-likeness (QED) is 0.824. The fraction of sp³-hybridized carbons (Fsp3) is 0.500. The van der Waals surface area contributed by atoms with E-state index >= 15 is 0 Å². The van der Waals surface area contributed by atoms with Crippen LogP contribution in [0.15, 0.2) is 18.3 Å². The van der Waals surface area contributed by atoms with Gasteiger partial charge in [0.25, 0.3) is 5.91 Å². The summed E-state index contributed by atoms with van der Waals surface area (Å²) in [5, 5.41) is 8.79. The number of ether oxygens (including phenoxy) is 1. The van der Waals surface area contributed by atoms with Crippen LogP contribution < -0.4 is 4.74 Å². The Morgan fingerprint density at radius 2 is 2.15 bits per heavy atom. The molecule has 1 aromatic rings. The predicted molar refractivity (Wildman–Crippen MR) is 73.8 cm³/mol. The Balaban J connectivity index is 2.87. The van der Waals surface area contributed by atoms with E-state index in [2.05, 4.69) is 4.98 Å². The molecule has 0 saturated carbocycles. The minimum absolute atomic E-state index is 0.00847. The van der Waals surface area contributed by atoms with Crippen molar-refractivity contribution in [3.05, 3.63) is 23.9 Å². The Kier molecular flexibility index (Phi) is 5.96. The van der Waals surface area contributed by atoms with Crippen molar-refractivity contribution in [1.82, 2.24) is 9.88 Å². The second-order valence-electron chi connectivity index (χ2n) is 4.43. The third-order valence-corrected chi connectivity index (χ3v) is 2.87. The van der Waals surface area contributed by atoms with E-state index < -0.39 is 5.97 Å². The first-order chi connectivity index (χ1) is 9.47. The highest BCUT2D eigenvalue weighted by Gasteiger charge is 2.17. The summed E-state index contributed by atoms with van der Waals surface area (Å²) in [4.78, 5) is 28.2. The average molecular weight is 280 g/mol. The van der Waals surface area contributed by atoms with Crippen molar-refractivity contribution in [3.8, 4) is 5.88 Å². The molecular formula is C14H20N2O4. The number of hydrogen-bond acceptors (Lipinski definition) is 4. The second kappa shape index (κ2) is 7.47. The summed E-state index contributed by atoms with van der Waals surface area (Å²) in [6.07, 6.45) is 2.33. The lowest BCUT2D eigenvalue weighted by atomic mass is 10.2. The Bertz CT molecular complexity index is 476. The number of likely N-dealkylation sites (N-methyl/N-ethyl adjacent to an activating group) is 1. The average Bonchev–Trinajstić information content (AvgIpc) is 2.43. The zero-order chi connectivity index (χ0) is 15.1. The van der Waals surface area contributed by atoms with Crippen LogP contribution in [0.5, 0.6) is 5.88 Å². The van der Waals surface area contributed by atoms with E-state index in [0.29, 0.717) is 18.0 Å². The minimum atomic E-state index is -1.04. The summed E-state index contributed by atoms with van der Waals surface area (Å²) >= 11 is 0. The molecule has 0 spiro atoms. The summed E-state index contributed by atoms with van der Waals surface area (Å²) in [6, 6.07) is 3.09. The molecule has 1 atom stereocenters. The second-order valence-corrected chi connectivity index (χ2v) is 4.43. The molecule has 110 valence electrons. The number of aliphatic carboxylic acids is 1. The molecular weight excluding hydrogens is 260 g/mol. The van der Waals surface area contributed by atoms with Crippen molar-refractivity contribution in [2.45, 2.75) is 33.3 Å². The van der Waals surface area contributed by atoms with Crippen LogP contribution >= 0.6 is 0 Å². The van der Waals surface area contributed by atoms with Gasteiger partial charge in [0.1, 0.15) is 6.54 Å². The number of aromatic nitrogens is 1. The van der Waals surface area contributed by atoms with Crippen LogP contribution in [0, 0.1) is 0 Å². The van der Waals surface area contributed by atoms with Gasteiger partial charge in [-0.2, -0.15) is 0 Å². The molecule has 0 aromatic carbocycles. The maximum Gasteiger partial charge on any atom is 0.323 e. The lowest BCUT2D eigenvalue weighted by Gasteiger charge is -2.19. The van der Waals surface area contributed by atoms with Crippen LogP contribution in [-0.2, 0) is 4.79 Å². The van der Waals surface area contributed by atoms with Crippen LogP contribution in [0.4, 0.5) is 0 Å². The molecule has 0 aliphatic rings. The van der Waals surface area contributed by atoms with Crippen molar-refractivity contribution >= 4 is 11.9 Å². The molecule has 1 heterocycles. The predicted octanol–water partition coefficient (Wildman–Crippen LogP) is 1.81. The van der Waals surface area contributed by atoms with Gasteiger partial charge in [-0.05, 0) is 26.3 Å². The molecule has 20 heavy (non-hydrogen) atoms. The van der Waals surface area contributed by atoms with Gasteiger partial charge in [0, 0.05) is 24.4 Å². The molecule has 0 bridgehead atoms. The van der Waals surface area contributed by atoms with Crippen LogP contribution in [0.1, 0.15) is 37.6 Å². The molecule has 1 aromatic heterocycles. The number of pyridine rings is 1. The van der Waals surface area contributed by atoms with Gasteiger partial charge in [0.05, 0.1) is 6.10 Å². The third-order valence-electron chi connectivity index (χ3n) is 2.87. The summed E-state index contributed by atoms with van der Waals surface area (Å²) in [6.45, 7) is 5.65. The number of hydrogen-bond donors (Lipinski definition) is 1. The van der Waals surface area contributed by atoms with Gasteiger partial charge in [-0.3, -0.25) is 9.59 Å². The Hall–Kier alpha value is -2.11. The lowest BCUT2D eigenvalue weighted by Crippen LogP contribution is -2.35. The number of nitrogens with zero attached hydrogens (tertiary/aromatic N) is 2. The Labute approximate surface area is 118 Å². The molecule has 1 amide bonds. The van der Waals surface area contributed by atoms with Gasteiger partial charge in [0.2, 0.25) is 5.88 Å². The van der Waals surface area contributed by atoms with Crippen molar-refractivity contribution < 1.29 is 19.4 Å². The van der Waals surface area contributed by atoms with Crippen molar-refractivity contribution in [3.63, 3.8) is 0 Å². The van der Waals surface area contributed by atoms with E-state index in [1.54, 1.807) is 19.1 Å². The number of carbonyl (C=O) groups excluding carboxylic acids is 1. The van der Waals surface area contributed by atoms with Crippen LogP contribution in [0.3, 0.4) is 0 Å². The topological polar surface area (TPSA) is 79.7 Å². The van der Waals surface area contributed by atoms with Crippen LogP contribution in [0.25, 0.3) is 0 Å². The van der Waals surface area contributed by atoms with Gasteiger partial charge < -0.3 is 14.7 Å². The molecule has 0 aliphatic heterocycles. The number of carboxylic acid groups (broad SMARTS) is 1. The number of amides is 1. The maximum absolute atomic E-state index is 12.2. The standard InChI is InChI=1S/C14H20N2O4/c1-4-10(3)20-12-8-11(6-7-15-12)14(19)16(5-2)9-13(17)18/h6-8,10H,4-5,9H2,1-3H3,(H,17,18). The first-order valence-corrected chi connectivity index (χ1v) is 6.61. The maximum atomic E-state index is 12.2. The molecule has 0 fully saturated rings. The van der Waals surface area contributed by atoms with Gasteiger partial charge in [-0.1, -0.05) is 6.92 Å². The van der Waals surface area contributed by atoms with Gasteiger partial charge >= 0.3 is 5.97 Å². The van der Waals surface area contributed by atoms with E-state index in [0.717, 1.165) is 6.42 Å². The van der Waals surface area contributed by atoms with E-state index in [-0.39, 0.29) is 18.6 Å². The van der Waals surface area contributed by atoms with Gasteiger partial charge in [-0.15, -0.1) is 0 Å². The van der Waals surface area contributed by atoms with Gasteiger partial charge in [-0.25, -0.2) is 4.98 Å². The fourth-order valence-corrected chi connectivity index (χ4v) is 1.57. The van der Waals surface area contributed by atoms with Crippen molar-refractivity contribution in [1.29, 1.82) is 0 Å². The molecule has 0 aliphatic carbocycles. The van der Waals surface area contributed by atoms with E-state index in [9.17, 15) is 9.59 Å². The van der Waals surface area contributed by atoms with E-state index in [4.69, 9.17) is 9.84 Å². The number of carbonyl (C=O) groups is 2. The highest BCUT2D eigenvalue weighted by Crippen LogP contribution is 2.14. The summed E-state index contributed by atoms with van der Waals surface area (Å²) in [7, 11) is 0. The molecule has 6 heteroatoms. The molecule has 6 nitrogen and oxygen atoms in total. The molecule has 1 N–H and O–H groups in total. The molecule has 0 radical (unpaired) electrons. The third kappa shape index (κ3) is 4.53. The Morgan fingerprint density at radius 3 is 2.70 bits per heavy atom. The molecule has 1 rings (SSSR count). The summed E-state index contributed by atoms with van der Waals surface area (Å²) in [5.74, 6) is -1.01. The first kappa shape index (κ1) is 15.9. The van der Waals surface area contributed by atoms with Crippen LogP contribution in [0.2, 0.25) is 0 Å². The summed E-state index contributed by atoms with van der Waals surface area (Å²) in [5.41, 5.74) is 0.376. The monoisotopic (exact) mass is 280 g/mol. The number of carboxylic acids is 1. The van der Waals surface area contributed by atoms with Gasteiger partial charge in [0.15, 0.2) is 0 Å². The minimum Gasteiger partial charge on any atom is -0.480 e. The smallest absolute Gasteiger partial charge is 0.323 e. The largest absolute Gasteiger partial charge is 0.480 e. The fourth-order valence-electron chi connectivity index (χ4n) is 1.57. The zero-order valence-corrected chi connectivity index (χ0v) is 12.0. The highest BCUT2D eigenvalue weighted by atomic mass is 16.5. The van der Waals surface area contributed by atoms with Crippen molar-refractivity contribution in [2.24, 2.45) is 0 Å². The number of rotatable bonds is 7. The zero-order valence-electron chi connectivity index (χ0n) is 12.0. The molecule has 1 unspecified atom stereocenters. The lowest BCUT2D eigenvalue weighted by molar-refractivity contribution is -0.137. The SMILES string of the molecule is CCC(C)Oc1cc(C(=O)N(CC)CC(=O)O)ccn1. The van der Waals surface area contributed by atoms with E-state index in [1.807, 2.05) is 13.8 Å². The Morgan fingerprint density at radius 1 is 1.45 bits per heavy atom. The normalized spacial score (nSPS) is 11.8. The highest BCUT2D eigenvalue weighted by molar-refractivity contribution is 5.96. The van der Waals surface area contributed by atoms with Crippen molar-refractivity contribution in [2.75, 3.05) is 13.1 Å². The molecule has 0 saturated heterocycles. The van der Waals surface area contributed by atoms with Crippen LogP contribution in [-0.4, -0.2) is 46.1 Å². The van der Waals surface area contributed by atoms with E-state index in [1.165, 1.54) is 11.1 Å². The summed E-state index contributed by atoms with van der Waals surface area (Å²) < 4.78 is 5.55. The first-order valence-electron chi connectivity index (χ1n) is 6.61.